The highest BCUT2D eigenvalue weighted by molar-refractivity contribution is 7.89. The zero-order valence-corrected chi connectivity index (χ0v) is 22.7. The molecule has 3 atom stereocenters. The number of carbonyl (C=O) groups excluding carboxylic acids is 1. The van der Waals surface area contributed by atoms with E-state index in [1.54, 1.807) is 37.8 Å². The Hall–Kier alpha value is -3.20. The van der Waals surface area contributed by atoms with E-state index in [0.717, 1.165) is 30.5 Å². The van der Waals surface area contributed by atoms with Gasteiger partial charge in [0.15, 0.2) is 5.60 Å². The number of nitrogens with zero attached hydrogens (tertiary/aromatic N) is 2. The zero-order chi connectivity index (χ0) is 26.9. The number of anilines is 2. The molecule has 7 nitrogen and oxygen atoms in total. The molecule has 2 aliphatic heterocycles. The summed E-state index contributed by atoms with van der Waals surface area (Å²) in [5.74, 6) is 1.26. The minimum atomic E-state index is -3.74. The number of rotatable bonds is 6. The lowest BCUT2D eigenvalue weighted by Crippen LogP contribution is -2.41. The number of hydrogen-bond donors (Lipinski definition) is 2. The van der Waals surface area contributed by atoms with Crippen molar-refractivity contribution >= 4 is 27.3 Å². The van der Waals surface area contributed by atoms with Gasteiger partial charge < -0.3 is 14.9 Å². The molecule has 2 N–H and O–H groups in total. The normalized spacial score (nSPS) is 24.5. The van der Waals surface area contributed by atoms with E-state index in [1.165, 1.54) is 36.4 Å². The van der Waals surface area contributed by atoms with Gasteiger partial charge in [-0.05, 0) is 80.5 Å². The molecule has 0 radical (unpaired) electrons. The van der Waals surface area contributed by atoms with Crippen molar-refractivity contribution in [3.05, 3.63) is 89.5 Å². The molecular weight excluding hydrogens is 498 g/mol. The van der Waals surface area contributed by atoms with Gasteiger partial charge >= 0.3 is 0 Å². The zero-order valence-electron chi connectivity index (χ0n) is 21.9. The average Bonchev–Trinajstić information content (AvgIpc) is 3.42. The maximum Gasteiger partial charge on any atom is 0.268 e. The summed E-state index contributed by atoms with van der Waals surface area (Å²) in [4.78, 5) is 17.9. The van der Waals surface area contributed by atoms with Crippen LogP contribution in [0.5, 0.6) is 0 Å². The Morgan fingerprint density at radius 3 is 2.21 bits per heavy atom. The first-order valence-electron chi connectivity index (χ1n) is 13.1. The predicted octanol–water partition coefficient (Wildman–Crippen LogP) is 4.00. The van der Waals surface area contributed by atoms with Crippen molar-refractivity contribution < 1.29 is 18.3 Å². The van der Waals surface area contributed by atoms with E-state index < -0.39 is 27.1 Å². The number of benzene rings is 3. The van der Waals surface area contributed by atoms with Crippen LogP contribution in [-0.4, -0.2) is 38.1 Å². The molecule has 3 aromatic carbocycles. The third-order valence-electron chi connectivity index (χ3n) is 7.78. The van der Waals surface area contributed by atoms with Gasteiger partial charge in [-0.15, -0.1) is 0 Å². The van der Waals surface area contributed by atoms with Crippen LogP contribution in [0.4, 0.5) is 11.4 Å². The molecule has 0 spiro atoms. The van der Waals surface area contributed by atoms with Crippen LogP contribution < -0.4 is 14.5 Å². The van der Waals surface area contributed by atoms with Gasteiger partial charge in [0.1, 0.15) is 0 Å². The molecule has 1 saturated carbocycles. The number of piperidine rings is 1. The molecule has 2 fully saturated rings. The fourth-order valence-electron chi connectivity index (χ4n) is 5.81. The number of amides is 1. The third kappa shape index (κ3) is 4.30. The summed E-state index contributed by atoms with van der Waals surface area (Å²) in [5, 5.41) is 11.9. The lowest BCUT2D eigenvalue weighted by Gasteiger charge is -2.25. The highest BCUT2D eigenvalue weighted by atomic mass is 32.2. The molecular formula is C30H33N3O4S. The van der Waals surface area contributed by atoms with Gasteiger partial charge in [-0.25, -0.2) is 13.1 Å². The quantitative estimate of drug-likeness (QED) is 0.502. The molecule has 0 aromatic heterocycles. The maximum absolute atomic E-state index is 13.8. The number of fused-ring (bicyclic) bond motifs is 2. The first-order valence-corrected chi connectivity index (χ1v) is 14.6. The second-order valence-electron chi connectivity index (χ2n) is 11.8. The first-order chi connectivity index (χ1) is 18.0. The van der Waals surface area contributed by atoms with Crippen LogP contribution in [0.2, 0.25) is 0 Å². The molecule has 3 aliphatic rings. The van der Waals surface area contributed by atoms with Crippen LogP contribution in [0.3, 0.4) is 0 Å². The number of sulfonamides is 1. The fourth-order valence-corrected chi connectivity index (χ4v) is 7.23. The van der Waals surface area contributed by atoms with Crippen molar-refractivity contribution in [2.45, 2.75) is 49.8 Å². The smallest absolute Gasteiger partial charge is 0.268 e. The van der Waals surface area contributed by atoms with E-state index in [9.17, 15) is 18.3 Å². The van der Waals surface area contributed by atoms with E-state index in [1.807, 2.05) is 12.1 Å². The molecule has 1 amide bonds. The Balaban J connectivity index is 1.27. The molecule has 38 heavy (non-hydrogen) atoms. The largest absolute Gasteiger partial charge is 0.372 e. The van der Waals surface area contributed by atoms with Crippen LogP contribution >= 0.6 is 0 Å². The van der Waals surface area contributed by atoms with E-state index in [0.29, 0.717) is 23.4 Å². The molecule has 2 heterocycles. The second kappa shape index (κ2) is 8.66. The minimum Gasteiger partial charge on any atom is -0.372 e. The molecule has 1 saturated heterocycles. The maximum atomic E-state index is 13.8. The van der Waals surface area contributed by atoms with Crippen molar-refractivity contribution in [1.82, 2.24) is 4.72 Å². The van der Waals surface area contributed by atoms with Crippen LogP contribution in [0.1, 0.15) is 43.9 Å². The number of aliphatic hydroxyl groups is 1. The van der Waals surface area contributed by atoms with Crippen molar-refractivity contribution in [2.24, 2.45) is 11.8 Å². The van der Waals surface area contributed by atoms with Crippen molar-refractivity contribution in [1.29, 1.82) is 0 Å². The topological polar surface area (TPSA) is 89.9 Å². The van der Waals surface area contributed by atoms with Crippen LogP contribution in [0, 0.1) is 11.8 Å². The van der Waals surface area contributed by atoms with E-state index in [4.69, 9.17) is 0 Å². The first kappa shape index (κ1) is 25.1. The van der Waals surface area contributed by atoms with Gasteiger partial charge in [0.05, 0.1) is 17.1 Å². The Morgan fingerprint density at radius 1 is 0.947 bits per heavy atom. The van der Waals surface area contributed by atoms with E-state index in [2.05, 4.69) is 33.9 Å². The fraction of sp³-hybridized carbons (Fsp3) is 0.367. The van der Waals surface area contributed by atoms with E-state index in [-0.39, 0.29) is 4.90 Å². The molecule has 198 valence electrons. The van der Waals surface area contributed by atoms with Crippen molar-refractivity contribution in [3.8, 4) is 0 Å². The number of hydrogen-bond acceptors (Lipinski definition) is 5. The van der Waals surface area contributed by atoms with Crippen LogP contribution in [-0.2, 0) is 27.0 Å². The van der Waals surface area contributed by atoms with Gasteiger partial charge in [-0.2, -0.15) is 0 Å². The molecule has 6 rings (SSSR count). The monoisotopic (exact) mass is 531 g/mol. The number of para-hydroxylation sites is 1. The highest BCUT2D eigenvalue weighted by Gasteiger charge is 2.51. The summed E-state index contributed by atoms with van der Waals surface area (Å²) in [6, 6.07) is 21.5. The molecule has 3 unspecified atom stereocenters. The SMILES string of the molecule is CC(C)(C)NS(=O)(=O)c1ccc(C2(O)C(=O)N(Cc3ccc(N4CC5CC5C4)cc3)c3ccccc32)cc1. The molecule has 1 aliphatic carbocycles. The lowest BCUT2D eigenvalue weighted by atomic mass is 9.87. The Labute approximate surface area is 224 Å². The standard InChI is InChI=1S/C30H33N3O4S/c1-29(2,3)31-38(36,37)25-14-10-23(11-15-25)30(35)26-6-4-5-7-27(26)33(28(30)34)17-20-8-12-24(13-9-20)32-18-21-16-22(21)19-32/h4-15,21-22,31,35H,16-19H2,1-3H3. The number of nitrogens with one attached hydrogen (secondary N) is 1. The van der Waals surface area contributed by atoms with Crippen molar-refractivity contribution in [2.75, 3.05) is 22.9 Å². The second-order valence-corrected chi connectivity index (χ2v) is 13.5. The van der Waals surface area contributed by atoms with E-state index >= 15 is 0 Å². The Kier molecular flexibility index (Phi) is 5.72. The molecule has 8 heteroatoms. The summed E-state index contributed by atoms with van der Waals surface area (Å²) < 4.78 is 28.1. The van der Waals surface area contributed by atoms with Crippen LogP contribution in [0.25, 0.3) is 0 Å². The minimum absolute atomic E-state index is 0.0748. The Bertz CT molecular complexity index is 1490. The van der Waals surface area contributed by atoms with Crippen LogP contribution in [0.15, 0.2) is 77.7 Å². The van der Waals surface area contributed by atoms with Crippen molar-refractivity contribution in [3.63, 3.8) is 0 Å². The van der Waals surface area contributed by atoms with Gasteiger partial charge in [0.25, 0.3) is 5.91 Å². The summed E-state index contributed by atoms with van der Waals surface area (Å²) in [5.41, 5.74) is 1.10. The van der Waals surface area contributed by atoms with Gasteiger partial charge in [-0.1, -0.05) is 42.5 Å². The summed E-state index contributed by atoms with van der Waals surface area (Å²) in [7, 11) is -3.74. The molecule has 3 aromatic rings. The lowest BCUT2D eigenvalue weighted by molar-refractivity contribution is -0.132. The van der Waals surface area contributed by atoms with Gasteiger partial charge in [0.2, 0.25) is 10.0 Å². The summed E-state index contributed by atoms with van der Waals surface area (Å²) in [6.45, 7) is 7.89. The summed E-state index contributed by atoms with van der Waals surface area (Å²) in [6.07, 6.45) is 1.36. The average molecular weight is 532 g/mol. The Morgan fingerprint density at radius 2 is 1.58 bits per heavy atom. The summed E-state index contributed by atoms with van der Waals surface area (Å²) >= 11 is 0. The van der Waals surface area contributed by atoms with Gasteiger partial charge in [0, 0.05) is 29.9 Å². The third-order valence-corrected chi connectivity index (χ3v) is 9.56. The molecule has 0 bridgehead atoms. The van der Waals surface area contributed by atoms with Gasteiger partial charge in [-0.3, -0.25) is 4.79 Å². The highest BCUT2D eigenvalue weighted by Crippen LogP contribution is 2.47. The number of carbonyl (C=O) groups is 1. The predicted molar refractivity (Wildman–Crippen MR) is 147 cm³/mol.